The Bertz CT molecular complexity index is 474. The molecular formula is C13H18N2O4. The topological polar surface area (TPSA) is 92.5 Å². The lowest BCUT2D eigenvalue weighted by atomic mass is 10.0. The molecule has 1 amide bonds. The molecule has 1 aromatic carbocycles. The molecule has 0 spiro atoms. The van der Waals surface area contributed by atoms with E-state index in [-0.39, 0.29) is 23.9 Å². The van der Waals surface area contributed by atoms with E-state index in [4.69, 9.17) is 5.11 Å². The highest BCUT2D eigenvalue weighted by molar-refractivity contribution is 5.99. The van der Waals surface area contributed by atoms with Crippen molar-refractivity contribution in [2.75, 3.05) is 6.61 Å². The minimum Gasteiger partial charge on any atom is -0.396 e. The van der Waals surface area contributed by atoms with Crippen LogP contribution in [0.4, 0.5) is 5.69 Å². The van der Waals surface area contributed by atoms with Crippen LogP contribution in [-0.4, -0.2) is 28.6 Å². The lowest BCUT2D eigenvalue weighted by Crippen LogP contribution is -2.33. The number of carbonyl (C=O) groups is 1. The van der Waals surface area contributed by atoms with Gasteiger partial charge >= 0.3 is 0 Å². The number of nitrogens with zero attached hydrogens (tertiary/aromatic N) is 1. The zero-order chi connectivity index (χ0) is 14.4. The third kappa shape index (κ3) is 4.03. The van der Waals surface area contributed by atoms with Gasteiger partial charge in [-0.3, -0.25) is 14.9 Å². The second kappa shape index (κ2) is 6.84. The summed E-state index contributed by atoms with van der Waals surface area (Å²) in [5.41, 5.74) is 0.483. The number of amides is 1. The van der Waals surface area contributed by atoms with E-state index in [9.17, 15) is 14.9 Å². The maximum Gasteiger partial charge on any atom is 0.282 e. The van der Waals surface area contributed by atoms with Crippen molar-refractivity contribution in [2.45, 2.75) is 32.7 Å². The fourth-order valence-electron chi connectivity index (χ4n) is 1.87. The molecule has 0 aromatic heterocycles. The minimum absolute atomic E-state index is 0.0602. The molecule has 0 saturated heterocycles. The van der Waals surface area contributed by atoms with Crippen LogP contribution < -0.4 is 5.32 Å². The second-order valence-corrected chi connectivity index (χ2v) is 4.47. The predicted octanol–water partition coefficient (Wildman–Crippen LogP) is 1.79. The van der Waals surface area contributed by atoms with Gasteiger partial charge in [0.15, 0.2) is 0 Å². The fraction of sp³-hybridized carbons (Fsp3) is 0.462. The predicted molar refractivity (Wildman–Crippen MR) is 71.1 cm³/mol. The van der Waals surface area contributed by atoms with Crippen LogP contribution >= 0.6 is 0 Å². The summed E-state index contributed by atoms with van der Waals surface area (Å²) >= 11 is 0. The molecule has 0 fully saturated rings. The number of hydrogen-bond donors (Lipinski definition) is 2. The van der Waals surface area contributed by atoms with Crippen LogP contribution in [0.3, 0.4) is 0 Å². The van der Waals surface area contributed by atoms with Crippen LogP contribution in [0.15, 0.2) is 18.2 Å². The first-order valence-corrected chi connectivity index (χ1v) is 6.13. The first kappa shape index (κ1) is 15.1. The van der Waals surface area contributed by atoms with Crippen molar-refractivity contribution in [2.24, 2.45) is 0 Å². The molecule has 1 unspecified atom stereocenters. The number of benzene rings is 1. The van der Waals surface area contributed by atoms with Crippen LogP contribution in [0.25, 0.3) is 0 Å². The third-order valence-electron chi connectivity index (χ3n) is 2.85. The molecule has 0 aliphatic rings. The molecule has 6 heteroatoms. The van der Waals surface area contributed by atoms with Crippen LogP contribution in [0, 0.1) is 17.0 Å². The molecule has 2 N–H and O–H groups in total. The first-order chi connectivity index (χ1) is 8.97. The maximum absolute atomic E-state index is 12.1. The number of aliphatic hydroxyl groups is 1. The molecule has 104 valence electrons. The van der Waals surface area contributed by atoms with Crippen molar-refractivity contribution in [3.8, 4) is 0 Å². The van der Waals surface area contributed by atoms with Crippen LogP contribution in [0.2, 0.25) is 0 Å². The SMILES string of the molecule is Cc1cccc([N+](=O)[O-])c1C(=O)NC(C)CCCO. The molecule has 19 heavy (non-hydrogen) atoms. The first-order valence-electron chi connectivity index (χ1n) is 6.13. The van der Waals surface area contributed by atoms with Gasteiger partial charge in [0.1, 0.15) is 5.56 Å². The van der Waals surface area contributed by atoms with Crippen LogP contribution in [-0.2, 0) is 0 Å². The molecule has 0 aliphatic heterocycles. The second-order valence-electron chi connectivity index (χ2n) is 4.47. The largest absolute Gasteiger partial charge is 0.396 e. The van der Waals surface area contributed by atoms with E-state index in [1.54, 1.807) is 26.0 Å². The number of hydrogen-bond acceptors (Lipinski definition) is 4. The van der Waals surface area contributed by atoms with E-state index < -0.39 is 10.8 Å². The zero-order valence-electron chi connectivity index (χ0n) is 11.0. The normalized spacial score (nSPS) is 11.9. The average molecular weight is 266 g/mol. The average Bonchev–Trinajstić information content (AvgIpc) is 2.35. The molecule has 1 rings (SSSR count). The van der Waals surface area contributed by atoms with Gasteiger partial charge in [0, 0.05) is 18.7 Å². The Balaban J connectivity index is 2.90. The monoisotopic (exact) mass is 266 g/mol. The van der Waals surface area contributed by atoms with Gasteiger partial charge in [-0.2, -0.15) is 0 Å². The van der Waals surface area contributed by atoms with Gasteiger partial charge in [-0.05, 0) is 32.3 Å². The highest BCUT2D eigenvalue weighted by atomic mass is 16.6. The van der Waals surface area contributed by atoms with E-state index in [1.165, 1.54) is 6.07 Å². The van der Waals surface area contributed by atoms with E-state index in [2.05, 4.69) is 5.32 Å². The summed E-state index contributed by atoms with van der Waals surface area (Å²) in [5, 5.41) is 22.4. The summed E-state index contributed by atoms with van der Waals surface area (Å²) < 4.78 is 0. The van der Waals surface area contributed by atoms with E-state index in [0.29, 0.717) is 18.4 Å². The Kier molecular flexibility index (Phi) is 5.44. The number of aliphatic hydroxyl groups excluding tert-OH is 1. The summed E-state index contributed by atoms with van der Waals surface area (Å²) in [6.07, 6.45) is 1.21. The van der Waals surface area contributed by atoms with Gasteiger partial charge < -0.3 is 10.4 Å². The van der Waals surface area contributed by atoms with Gasteiger partial charge in [0.05, 0.1) is 4.92 Å². The van der Waals surface area contributed by atoms with Crippen molar-refractivity contribution in [1.82, 2.24) is 5.32 Å². The van der Waals surface area contributed by atoms with Crippen molar-refractivity contribution >= 4 is 11.6 Å². The van der Waals surface area contributed by atoms with Crippen molar-refractivity contribution in [3.05, 3.63) is 39.4 Å². The van der Waals surface area contributed by atoms with Gasteiger partial charge in [-0.25, -0.2) is 0 Å². The lowest BCUT2D eigenvalue weighted by Gasteiger charge is -2.14. The number of nitrogens with one attached hydrogen (secondary N) is 1. The van der Waals surface area contributed by atoms with Crippen LogP contribution in [0.5, 0.6) is 0 Å². The molecule has 0 radical (unpaired) electrons. The Hall–Kier alpha value is -1.95. The fourth-order valence-corrected chi connectivity index (χ4v) is 1.87. The minimum atomic E-state index is -0.555. The van der Waals surface area contributed by atoms with Crippen LogP contribution in [0.1, 0.15) is 35.7 Å². The molecule has 6 nitrogen and oxygen atoms in total. The van der Waals surface area contributed by atoms with Gasteiger partial charge in [0.2, 0.25) is 0 Å². The summed E-state index contributed by atoms with van der Waals surface area (Å²) in [4.78, 5) is 22.5. The summed E-state index contributed by atoms with van der Waals surface area (Å²) in [6.45, 7) is 3.53. The molecule has 1 atom stereocenters. The summed E-state index contributed by atoms with van der Waals surface area (Å²) in [6, 6.07) is 4.40. The van der Waals surface area contributed by atoms with Gasteiger partial charge in [0.25, 0.3) is 11.6 Å². The Morgan fingerprint density at radius 1 is 1.53 bits per heavy atom. The number of rotatable bonds is 6. The highest BCUT2D eigenvalue weighted by Crippen LogP contribution is 2.21. The standard InChI is InChI=1S/C13H18N2O4/c1-9-5-3-7-11(15(18)19)12(9)13(17)14-10(2)6-4-8-16/h3,5,7,10,16H,4,6,8H2,1-2H3,(H,14,17). The van der Waals surface area contributed by atoms with Gasteiger partial charge in [-0.15, -0.1) is 0 Å². The lowest BCUT2D eigenvalue weighted by molar-refractivity contribution is -0.385. The number of carbonyl (C=O) groups excluding carboxylic acids is 1. The zero-order valence-corrected chi connectivity index (χ0v) is 11.0. The molecule has 0 saturated carbocycles. The van der Waals surface area contributed by atoms with Gasteiger partial charge in [-0.1, -0.05) is 12.1 Å². The van der Waals surface area contributed by atoms with E-state index in [0.717, 1.165) is 0 Å². The summed E-state index contributed by atoms with van der Waals surface area (Å²) in [7, 11) is 0. The van der Waals surface area contributed by atoms with E-state index in [1.807, 2.05) is 0 Å². The Morgan fingerprint density at radius 2 is 2.21 bits per heavy atom. The molecule has 0 aliphatic carbocycles. The number of nitro groups is 1. The highest BCUT2D eigenvalue weighted by Gasteiger charge is 2.22. The van der Waals surface area contributed by atoms with Crippen molar-refractivity contribution in [3.63, 3.8) is 0 Å². The molecule has 1 aromatic rings. The van der Waals surface area contributed by atoms with Crippen molar-refractivity contribution < 1.29 is 14.8 Å². The summed E-state index contributed by atoms with van der Waals surface area (Å²) in [5.74, 6) is -0.449. The Labute approximate surface area is 111 Å². The van der Waals surface area contributed by atoms with Crippen molar-refractivity contribution in [1.29, 1.82) is 0 Å². The number of aryl methyl sites for hydroxylation is 1. The molecular weight excluding hydrogens is 248 g/mol. The Morgan fingerprint density at radius 3 is 2.79 bits per heavy atom. The maximum atomic E-state index is 12.1. The third-order valence-corrected chi connectivity index (χ3v) is 2.85. The van der Waals surface area contributed by atoms with E-state index >= 15 is 0 Å². The quantitative estimate of drug-likeness (QED) is 0.606. The smallest absolute Gasteiger partial charge is 0.282 e. The molecule has 0 heterocycles. The molecule has 0 bridgehead atoms. The number of nitro benzene ring substituents is 1.